The van der Waals surface area contributed by atoms with E-state index in [-0.39, 0.29) is 11.7 Å². The molecule has 1 fully saturated rings. The zero-order valence-corrected chi connectivity index (χ0v) is 25.1. The van der Waals surface area contributed by atoms with Gasteiger partial charge in [-0.05, 0) is 80.4 Å². The topological polar surface area (TPSA) is 84.6 Å². The summed E-state index contributed by atoms with van der Waals surface area (Å²) in [6, 6.07) is 17.2. The molecule has 1 N–H and O–H groups in total. The van der Waals surface area contributed by atoms with E-state index in [4.69, 9.17) is 12.2 Å². The van der Waals surface area contributed by atoms with E-state index in [1.165, 1.54) is 47.0 Å². The number of aryl methyl sites for hydroxylation is 3. The summed E-state index contributed by atoms with van der Waals surface area (Å²) in [6.45, 7) is 6.57. The fourth-order valence-corrected chi connectivity index (χ4v) is 5.88. The van der Waals surface area contributed by atoms with E-state index in [0.29, 0.717) is 40.5 Å². The van der Waals surface area contributed by atoms with Gasteiger partial charge in [-0.3, -0.25) is 9.69 Å². The van der Waals surface area contributed by atoms with Crippen LogP contribution in [0.5, 0.6) is 5.75 Å². The Morgan fingerprint density at radius 1 is 1.07 bits per heavy atom. The average Bonchev–Trinajstić information content (AvgIpc) is 3.56. The number of rotatable bonds is 7. The van der Waals surface area contributed by atoms with Crippen LogP contribution >= 0.6 is 24.0 Å². The number of aliphatic imine (C=N–C) groups is 1. The van der Waals surface area contributed by atoms with Gasteiger partial charge >= 0.3 is 6.36 Å². The lowest BCUT2D eigenvalue weighted by Crippen LogP contribution is -2.32. The lowest BCUT2D eigenvalue weighted by molar-refractivity contribution is -0.274. The van der Waals surface area contributed by atoms with Crippen molar-refractivity contribution < 1.29 is 22.7 Å². The van der Waals surface area contributed by atoms with Crippen LogP contribution in [0.4, 0.5) is 18.9 Å². The Bertz CT molecular complexity index is 1660. The molecule has 0 radical (unpaired) electrons. The standard InChI is InChI=1S/C30H27F3N6O2S2/c1-18-14-19(2)26(20(3)15-18)39-25(40)16-43-29(39)36-28(42)34-13-12-21-4-6-22(7-5-21)27-35-17-38(37-27)23-8-10-24(11-9-23)41-30(31,32)33/h4-11,14-15,17H,12-13,16H2,1-3H3,(H,34,42)/b36-29-. The molecule has 0 atom stereocenters. The number of amides is 1. The fourth-order valence-electron chi connectivity index (χ4n) is 4.77. The monoisotopic (exact) mass is 624 g/mol. The number of anilines is 1. The molecule has 1 aliphatic rings. The van der Waals surface area contributed by atoms with E-state index in [9.17, 15) is 18.0 Å². The highest BCUT2D eigenvalue weighted by atomic mass is 32.2. The van der Waals surface area contributed by atoms with Crippen LogP contribution in [0.3, 0.4) is 0 Å². The van der Waals surface area contributed by atoms with Gasteiger partial charge < -0.3 is 10.1 Å². The number of ether oxygens (including phenoxy) is 1. The molecule has 0 spiro atoms. The van der Waals surface area contributed by atoms with Gasteiger partial charge in [0.05, 0.1) is 17.1 Å². The minimum Gasteiger partial charge on any atom is -0.406 e. The number of carbonyl (C=O) groups excluding carboxylic acids is 1. The minimum atomic E-state index is -4.75. The quantitative estimate of drug-likeness (QED) is 0.241. The van der Waals surface area contributed by atoms with Gasteiger partial charge in [0.15, 0.2) is 16.1 Å². The van der Waals surface area contributed by atoms with Crippen molar-refractivity contribution in [3.63, 3.8) is 0 Å². The predicted molar refractivity (Wildman–Crippen MR) is 166 cm³/mol. The summed E-state index contributed by atoms with van der Waals surface area (Å²) in [7, 11) is 0. The number of nitrogens with one attached hydrogen (secondary N) is 1. The summed E-state index contributed by atoms with van der Waals surface area (Å²) in [4.78, 5) is 23.3. The Labute approximate surface area is 256 Å². The number of aromatic nitrogens is 3. The lowest BCUT2D eigenvalue weighted by Gasteiger charge is -2.21. The van der Waals surface area contributed by atoms with Crippen LogP contribution in [-0.2, 0) is 11.2 Å². The molecule has 8 nitrogen and oxygen atoms in total. The summed E-state index contributed by atoms with van der Waals surface area (Å²) in [5.41, 5.74) is 6.42. The first kappa shape index (κ1) is 30.2. The van der Waals surface area contributed by atoms with E-state index in [0.717, 1.165) is 33.5 Å². The first-order valence-electron chi connectivity index (χ1n) is 13.2. The van der Waals surface area contributed by atoms with Gasteiger partial charge in [-0.2, -0.15) is 4.99 Å². The predicted octanol–water partition coefficient (Wildman–Crippen LogP) is 6.31. The third-order valence-corrected chi connectivity index (χ3v) is 7.71. The van der Waals surface area contributed by atoms with Crippen LogP contribution in [0.2, 0.25) is 0 Å². The zero-order valence-electron chi connectivity index (χ0n) is 23.5. The molecule has 0 unspecified atom stereocenters. The van der Waals surface area contributed by atoms with Crippen molar-refractivity contribution in [1.29, 1.82) is 0 Å². The fraction of sp³-hybridized carbons (Fsp3) is 0.233. The van der Waals surface area contributed by atoms with Gasteiger partial charge in [-0.15, -0.1) is 18.3 Å². The molecule has 1 aliphatic heterocycles. The second kappa shape index (κ2) is 12.6. The second-order valence-electron chi connectivity index (χ2n) is 9.89. The normalized spacial score (nSPS) is 14.4. The molecule has 1 aromatic heterocycles. The molecule has 0 saturated carbocycles. The van der Waals surface area contributed by atoms with Crippen LogP contribution in [0, 0.1) is 20.8 Å². The van der Waals surface area contributed by atoms with Crippen molar-refractivity contribution in [2.75, 3.05) is 17.2 Å². The average molecular weight is 625 g/mol. The summed E-state index contributed by atoms with van der Waals surface area (Å²) in [5.74, 6) is 0.465. The molecule has 0 aliphatic carbocycles. The van der Waals surface area contributed by atoms with Gasteiger partial charge in [0.1, 0.15) is 12.1 Å². The molecule has 1 amide bonds. The lowest BCUT2D eigenvalue weighted by atomic mass is 10.0. The minimum absolute atomic E-state index is 0.0190. The van der Waals surface area contributed by atoms with Crippen LogP contribution in [0.25, 0.3) is 17.1 Å². The number of benzene rings is 3. The third kappa shape index (κ3) is 7.41. The van der Waals surface area contributed by atoms with Crippen LogP contribution in [-0.4, -0.2) is 49.6 Å². The van der Waals surface area contributed by atoms with E-state index in [1.54, 1.807) is 4.90 Å². The molecule has 1 saturated heterocycles. The molecule has 5 rings (SSSR count). The van der Waals surface area contributed by atoms with Crippen molar-refractivity contribution in [3.8, 4) is 22.8 Å². The number of thiocarbonyl (C=S) groups is 1. The summed E-state index contributed by atoms with van der Waals surface area (Å²) in [6.07, 6.45) is -2.57. The molecule has 13 heteroatoms. The molecule has 3 aromatic carbocycles. The van der Waals surface area contributed by atoms with Crippen molar-refractivity contribution in [2.24, 2.45) is 4.99 Å². The molecular weight excluding hydrogens is 597 g/mol. The number of hydrogen-bond acceptors (Lipinski definition) is 6. The van der Waals surface area contributed by atoms with Gasteiger partial charge in [-0.1, -0.05) is 53.7 Å². The number of halogens is 3. The summed E-state index contributed by atoms with van der Waals surface area (Å²) < 4.78 is 42.6. The summed E-state index contributed by atoms with van der Waals surface area (Å²) >= 11 is 6.84. The number of carbonyl (C=O) groups is 1. The summed E-state index contributed by atoms with van der Waals surface area (Å²) in [5, 5.41) is 8.48. The van der Waals surface area contributed by atoms with Crippen molar-refractivity contribution >= 4 is 45.9 Å². The Morgan fingerprint density at radius 3 is 2.40 bits per heavy atom. The number of alkyl halides is 3. The van der Waals surface area contributed by atoms with E-state index in [1.807, 2.05) is 45.0 Å². The van der Waals surface area contributed by atoms with Crippen LogP contribution < -0.4 is 15.0 Å². The van der Waals surface area contributed by atoms with Crippen molar-refractivity contribution in [2.45, 2.75) is 33.6 Å². The molecular formula is C30H27F3N6O2S2. The highest BCUT2D eigenvalue weighted by molar-refractivity contribution is 8.15. The number of nitrogens with zero attached hydrogens (tertiary/aromatic N) is 5. The molecule has 222 valence electrons. The number of amidine groups is 1. The third-order valence-electron chi connectivity index (χ3n) is 6.55. The zero-order chi connectivity index (χ0) is 30.7. The Kier molecular flexibility index (Phi) is 8.83. The number of hydrogen-bond donors (Lipinski definition) is 1. The molecule has 4 aromatic rings. The Balaban J connectivity index is 1.17. The maximum Gasteiger partial charge on any atom is 0.573 e. The van der Waals surface area contributed by atoms with Gasteiger partial charge in [0.25, 0.3) is 0 Å². The van der Waals surface area contributed by atoms with E-state index < -0.39 is 6.36 Å². The molecule has 0 bridgehead atoms. The maximum atomic E-state index is 12.7. The van der Waals surface area contributed by atoms with Crippen LogP contribution in [0.1, 0.15) is 22.3 Å². The first-order chi connectivity index (χ1) is 20.5. The highest BCUT2D eigenvalue weighted by Gasteiger charge is 2.32. The van der Waals surface area contributed by atoms with Crippen molar-refractivity contribution in [1.82, 2.24) is 20.1 Å². The van der Waals surface area contributed by atoms with Gasteiger partial charge in [0, 0.05) is 12.1 Å². The SMILES string of the molecule is Cc1cc(C)c(N2C(=O)CS/C2=N\C(=S)NCCc2ccc(-c3ncn(-c4ccc(OC(F)(F)F)cc4)n3)cc2)c(C)c1. The number of thioether (sulfide) groups is 1. The smallest absolute Gasteiger partial charge is 0.406 e. The van der Waals surface area contributed by atoms with Gasteiger partial charge in [0.2, 0.25) is 5.91 Å². The maximum absolute atomic E-state index is 12.7. The van der Waals surface area contributed by atoms with E-state index >= 15 is 0 Å². The van der Waals surface area contributed by atoms with Crippen molar-refractivity contribution in [3.05, 3.63) is 89.2 Å². The van der Waals surface area contributed by atoms with Gasteiger partial charge in [-0.25, -0.2) is 9.67 Å². The second-order valence-corrected chi connectivity index (χ2v) is 11.2. The highest BCUT2D eigenvalue weighted by Crippen LogP contribution is 2.33. The molecule has 2 heterocycles. The van der Waals surface area contributed by atoms with E-state index in [2.05, 4.69) is 37.3 Å². The first-order valence-corrected chi connectivity index (χ1v) is 14.6. The largest absolute Gasteiger partial charge is 0.573 e. The van der Waals surface area contributed by atoms with Crippen LogP contribution in [0.15, 0.2) is 72.0 Å². The Hall–Kier alpha value is -4.23. The Morgan fingerprint density at radius 2 is 1.74 bits per heavy atom. The molecule has 43 heavy (non-hydrogen) atoms.